The van der Waals surface area contributed by atoms with Gasteiger partial charge in [-0.25, -0.2) is 0 Å². The molecule has 3 nitrogen and oxygen atoms in total. The first-order chi connectivity index (χ1) is 9.27. The van der Waals surface area contributed by atoms with Crippen LogP contribution in [0, 0.1) is 11.3 Å². The van der Waals surface area contributed by atoms with Crippen LogP contribution in [0.15, 0.2) is 0 Å². The Morgan fingerprint density at radius 1 is 1.11 bits per heavy atom. The summed E-state index contributed by atoms with van der Waals surface area (Å²) in [6.07, 6.45) is 11.4. The molecule has 2 heterocycles. The maximum atomic E-state index is 12.4. The number of rotatable bonds is 2. The average Bonchev–Trinajstić information content (AvgIpc) is 2.85. The van der Waals surface area contributed by atoms with Gasteiger partial charge in [-0.1, -0.05) is 19.3 Å². The molecule has 0 aromatic heterocycles. The predicted molar refractivity (Wildman–Crippen MR) is 76.9 cm³/mol. The quantitative estimate of drug-likeness (QED) is 0.831. The van der Waals surface area contributed by atoms with E-state index in [1.54, 1.807) is 0 Å². The van der Waals surface area contributed by atoms with E-state index in [9.17, 15) is 4.79 Å². The molecule has 0 atom stereocenters. The Balaban J connectivity index is 1.50. The molecule has 3 rings (SSSR count). The van der Waals surface area contributed by atoms with Crippen LogP contribution < -0.4 is 5.32 Å². The summed E-state index contributed by atoms with van der Waals surface area (Å²) in [5.41, 5.74) is 0.516. The summed E-state index contributed by atoms with van der Waals surface area (Å²) in [5, 5.41) is 3.38. The van der Waals surface area contributed by atoms with Crippen molar-refractivity contribution in [1.82, 2.24) is 10.2 Å². The van der Waals surface area contributed by atoms with Gasteiger partial charge in [0.2, 0.25) is 5.91 Å². The summed E-state index contributed by atoms with van der Waals surface area (Å²) < 4.78 is 0. The number of carbonyl (C=O) groups is 1. The van der Waals surface area contributed by atoms with Gasteiger partial charge in [0.25, 0.3) is 0 Å². The van der Waals surface area contributed by atoms with Gasteiger partial charge in [-0.05, 0) is 56.5 Å². The van der Waals surface area contributed by atoms with Crippen LogP contribution in [0.25, 0.3) is 0 Å². The second kappa shape index (κ2) is 5.82. The standard InChI is InChI=1S/C16H28N2O/c19-15(12-14-4-9-17-10-5-14)18-11-8-16(13-18)6-2-1-3-7-16/h14,17H,1-13H2. The Morgan fingerprint density at radius 3 is 2.58 bits per heavy atom. The van der Waals surface area contributed by atoms with E-state index in [2.05, 4.69) is 10.2 Å². The van der Waals surface area contributed by atoms with Gasteiger partial charge in [0.15, 0.2) is 0 Å². The third-order valence-corrected chi connectivity index (χ3v) is 5.63. The Bertz CT molecular complexity index is 317. The molecule has 1 spiro atoms. The molecule has 3 fully saturated rings. The molecule has 1 N–H and O–H groups in total. The zero-order valence-electron chi connectivity index (χ0n) is 12.1. The zero-order chi connectivity index (χ0) is 13.1. The maximum absolute atomic E-state index is 12.4. The SMILES string of the molecule is O=C(CC1CCNCC1)N1CCC2(CCCCC2)C1. The molecule has 0 unspecified atom stereocenters. The monoisotopic (exact) mass is 264 g/mol. The lowest BCUT2D eigenvalue weighted by Gasteiger charge is -2.33. The highest BCUT2D eigenvalue weighted by Gasteiger charge is 2.40. The minimum atomic E-state index is 0.439. The summed E-state index contributed by atoms with van der Waals surface area (Å²) in [6, 6.07) is 0. The molecule has 3 heteroatoms. The maximum Gasteiger partial charge on any atom is 0.222 e. The van der Waals surface area contributed by atoms with Crippen molar-refractivity contribution in [2.24, 2.45) is 11.3 Å². The number of hydrogen-bond acceptors (Lipinski definition) is 2. The Labute approximate surface area is 117 Å². The fourth-order valence-corrected chi connectivity index (χ4v) is 4.32. The van der Waals surface area contributed by atoms with E-state index in [0.29, 0.717) is 17.2 Å². The highest BCUT2D eigenvalue weighted by atomic mass is 16.2. The smallest absolute Gasteiger partial charge is 0.222 e. The second-order valence-corrected chi connectivity index (χ2v) is 7.02. The van der Waals surface area contributed by atoms with Gasteiger partial charge in [-0.3, -0.25) is 4.79 Å². The molecule has 108 valence electrons. The van der Waals surface area contributed by atoms with E-state index >= 15 is 0 Å². The first-order valence-corrected chi connectivity index (χ1v) is 8.26. The minimum Gasteiger partial charge on any atom is -0.342 e. The third-order valence-electron chi connectivity index (χ3n) is 5.63. The van der Waals surface area contributed by atoms with Crippen molar-refractivity contribution in [2.45, 2.75) is 57.8 Å². The van der Waals surface area contributed by atoms with Gasteiger partial charge >= 0.3 is 0 Å². The molecule has 1 amide bonds. The summed E-state index contributed by atoms with van der Waals surface area (Å²) in [4.78, 5) is 14.6. The fourth-order valence-electron chi connectivity index (χ4n) is 4.32. The van der Waals surface area contributed by atoms with Crippen LogP contribution in [0.1, 0.15) is 57.8 Å². The fraction of sp³-hybridized carbons (Fsp3) is 0.938. The molecular formula is C16H28N2O. The normalized spacial score (nSPS) is 27.9. The van der Waals surface area contributed by atoms with E-state index in [1.807, 2.05) is 0 Å². The average molecular weight is 264 g/mol. The number of likely N-dealkylation sites (tertiary alicyclic amines) is 1. The summed E-state index contributed by atoms with van der Waals surface area (Å²) in [7, 11) is 0. The summed E-state index contributed by atoms with van der Waals surface area (Å²) in [5.74, 6) is 1.08. The van der Waals surface area contributed by atoms with Crippen LogP contribution in [-0.2, 0) is 4.79 Å². The van der Waals surface area contributed by atoms with E-state index < -0.39 is 0 Å². The van der Waals surface area contributed by atoms with Gasteiger partial charge in [0, 0.05) is 19.5 Å². The Kier molecular flexibility index (Phi) is 4.11. The minimum absolute atomic E-state index is 0.439. The van der Waals surface area contributed by atoms with Crippen LogP contribution in [0.5, 0.6) is 0 Å². The van der Waals surface area contributed by atoms with Crippen molar-refractivity contribution >= 4 is 5.91 Å². The van der Waals surface area contributed by atoms with Crippen LogP contribution >= 0.6 is 0 Å². The van der Waals surface area contributed by atoms with Crippen molar-refractivity contribution in [3.05, 3.63) is 0 Å². The highest BCUT2D eigenvalue weighted by molar-refractivity contribution is 5.76. The predicted octanol–water partition coefficient (Wildman–Crippen LogP) is 2.56. The van der Waals surface area contributed by atoms with E-state index in [1.165, 1.54) is 51.4 Å². The number of amides is 1. The van der Waals surface area contributed by atoms with Crippen molar-refractivity contribution in [2.75, 3.05) is 26.2 Å². The van der Waals surface area contributed by atoms with E-state index in [0.717, 1.165) is 32.6 Å². The van der Waals surface area contributed by atoms with Gasteiger partial charge in [0.1, 0.15) is 0 Å². The Morgan fingerprint density at radius 2 is 1.84 bits per heavy atom. The van der Waals surface area contributed by atoms with Gasteiger partial charge in [-0.2, -0.15) is 0 Å². The molecule has 19 heavy (non-hydrogen) atoms. The summed E-state index contributed by atoms with van der Waals surface area (Å²) in [6.45, 7) is 4.30. The van der Waals surface area contributed by atoms with Crippen molar-refractivity contribution in [3.63, 3.8) is 0 Å². The van der Waals surface area contributed by atoms with Gasteiger partial charge < -0.3 is 10.2 Å². The lowest BCUT2D eigenvalue weighted by Crippen LogP contribution is -2.36. The number of hydrogen-bond donors (Lipinski definition) is 1. The molecule has 0 radical (unpaired) electrons. The molecule has 3 aliphatic rings. The first-order valence-electron chi connectivity index (χ1n) is 8.26. The topological polar surface area (TPSA) is 32.3 Å². The van der Waals surface area contributed by atoms with Crippen LogP contribution in [0.4, 0.5) is 0 Å². The summed E-state index contributed by atoms with van der Waals surface area (Å²) >= 11 is 0. The van der Waals surface area contributed by atoms with Crippen LogP contribution in [0.3, 0.4) is 0 Å². The van der Waals surface area contributed by atoms with Crippen molar-refractivity contribution < 1.29 is 4.79 Å². The molecule has 2 saturated heterocycles. The largest absolute Gasteiger partial charge is 0.342 e. The zero-order valence-corrected chi connectivity index (χ0v) is 12.1. The van der Waals surface area contributed by atoms with Crippen LogP contribution in [-0.4, -0.2) is 37.0 Å². The van der Waals surface area contributed by atoms with Crippen molar-refractivity contribution in [1.29, 1.82) is 0 Å². The van der Waals surface area contributed by atoms with E-state index in [-0.39, 0.29) is 0 Å². The van der Waals surface area contributed by atoms with Gasteiger partial charge in [0.05, 0.1) is 0 Å². The number of nitrogens with zero attached hydrogens (tertiary/aromatic N) is 1. The molecule has 1 saturated carbocycles. The highest BCUT2D eigenvalue weighted by Crippen LogP contribution is 2.43. The molecule has 2 aliphatic heterocycles. The molecule has 0 aromatic rings. The molecule has 1 aliphatic carbocycles. The third kappa shape index (κ3) is 3.13. The number of carbonyl (C=O) groups excluding carboxylic acids is 1. The molecule has 0 aromatic carbocycles. The number of nitrogens with one attached hydrogen (secondary N) is 1. The lowest BCUT2D eigenvalue weighted by atomic mass is 9.73. The number of piperidine rings is 1. The molecular weight excluding hydrogens is 236 g/mol. The Hall–Kier alpha value is -0.570. The van der Waals surface area contributed by atoms with Crippen LogP contribution in [0.2, 0.25) is 0 Å². The first kappa shape index (κ1) is 13.4. The van der Waals surface area contributed by atoms with Crippen molar-refractivity contribution in [3.8, 4) is 0 Å². The second-order valence-electron chi connectivity index (χ2n) is 7.02. The molecule has 0 bridgehead atoms. The van der Waals surface area contributed by atoms with Gasteiger partial charge in [-0.15, -0.1) is 0 Å². The lowest BCUT2D eigenvalue weighted by molar-refractivity contribution is -0.131. The van der Waals surface area contributed by atoms with E-state index in [4.69, 9.17) is 0 Å².